The molecule has 2 amide bonds. The van der Waals surface area contributed by atoms with Crippen molar-refractivity contribution in [2.24, 2.45) is 0 Å². The number of benzene rings is 2. The molecule has 2 aromatic rings. The maximum absolute atomic E-state index is 12.0. The van der Waals surface area contributed by atoms with Crippen LogP contribution in [0.5, 0.6) is 5.75 Å². The summed E-state index contributed by atoms with van der Waals surface area (Å²) < 4.78 is 9.82. The predicted octanol–water partition coefficient (Wildman–Crippen LogP) is 3.12. The van der Waals surface area contributed by atoms with Crippen LogP contribution in [-0.2, 0) is 19.1 Å². The zero-order chi connectivity index (χ0) is 23.0. The Morgan fingerprint density at radius 1 is 0.968 bits per heavy atom. The second-order valence-corrected chi connectivity index (χ2v) is 6.72. The Labute approximate surface area is 178 Å². The van der Waals surface area contributed by atoms with Gasteiger partial charge in [-0.25, -0.2) is 0 Å². The minimum atomic E-state index is -0.760. The van der Waals surface area contributed by atoms with E-state index in [0.717, 1.165) is 11.1 Å². The van der Waals surface area contributed by atoms with E-state index in [-0.39, 0.29) is 30.1 Å². The van der Waals surface area contributed by atoms with E-state index in [4.69, 9.17) is 9.47 Å². The van der Waals surface area contributed by atoms with Crippen molar-refractivity contribution in [1.29, 1.82) is 0 Å². The normalized spacial score (nSPS) is 10.2. The van der Waals surface area contributed by atoms with Crippen LogP contribution < -0.4 is 15.4 Å². The highest BCUT2D eigenvalue weighted by atomic mass is 16.6. The lowest BCUT2D eigenvalue weighted by Gasteiger charge is -2.10. The zero-order valence-corrected chi connectivity index (χ0v) is 17.4. The zero-order valence-electron chi connectivity index (χ0n) is 17.4. The van der Waals surface area contributed by atoms with Gasteiger partial charge in [0.15, 0.2) is 6.61 Å². The minimum absolute atomic E-state index is 0.0850. The molecule has 0 fully saturated rings. The van der Waals surface area contributed by atoms with Gasteiger partial charge in [-0.3, -0.25) is 24.5 Å². The molecule has 10 heteroatoms. The SMILES string of the molecule is COc1ccc([N+](=O)[O-])c(NC(=O)COC(=O)CCC(=O)Nc2ccc(C)cc2C)c1. The number of nitrogens with zero attached hydrogens (tertiary/aromatic N) is 1. The van der Waals surface area contributed by atoms with Crippen molar-refractivity contribution in [2.45, 2.75) is 26.7 Å². The topological polar surface area (TPSA) is 137 Å². The molecule has 0 atom stereocenters. The largest absolute Gasteiger partial charge is 0.497 e. The van der Waals surface area contributed by atoms with Gasteiger partial charge in [0.25, 0.3) is 11.6 Å². The first-order valence-corrected chi connectivity index (χ1v) is 9.34. The second kappa shape index (κ2) is 10.7. The van der Waals surface area contributed by atoms with Gasteiger partial charge in [0.1, 0.15) is 11.4 Å². The Bertz CT molecular complexity index is 1000. The van der Waals surface area contributed by atoms with Gasteiger partial charge in [0, 0.05) is 24.2 Å². The number of carbonyl (C=O) groups excluding carboxylic acids is 3. The Morgan fingerprint density at radius 3 is 2.32 bits per heavy atom. The molecule has 0 spiro atoms. The maximum atomic E-state index is 12.0. The number of rotatable bonds is 9. The van der Waals surface area contributed by atoms with Crippen molar-refractivity contribution in [3.05, 3.63) is 57.6 Å². The number of hydrogen-bond acceptors (Lipinski definition) is 7. The number of amides is 2. The standard InChI is InChI=1S/C21H23N3O7/c1-13-4-6-16(14(2)10-13)22-19(25)8-9-21(27)31-12-20(26)23-17-11-15(30-3)5-7-18(17)24(28)29/h4-7,10-11H,8-9,12H2,1-3H3,(H,22,25)(H,23,26). The average molecular weight is 429 g/mol. The maximum Gasteiger partial charge on any atom is 0.306 e. The van der Waals surface area contributed by atoms with Gasteiger partial charge in [0.05, 0.1) is 18.5 Å². The number of esters is 1. The smallest absolute Gasteiger partial charge is 0.306 e. The molecule has 164 valence electrons. The Balaban J connectivity index is 1.81. The van der Waals surface area contributed by atoms with Crippen LogP contribution in [0, 0.1) is 24.0 Å². The summed E-state index contributed by atoms with van der Waals surface area (Å²) in [5, 5.41) is 16.1. The summed E-state index contributed by atoms with van der Waals surface area (Å²) in [6, 6.07) is 9.43. The molecule has 0 heterocycles. The van der Waals surface area contributed by atoms with Crippen LogP contribution in [-0.4, -0.2) is 36.4 Å². The van der Waals surface area contributed by atoms with Gasteiger partial charge in [-0.1, -0.05) is 17.7 Å². The average Bonchev–Trinajstić information content (AvgIpc) is 2.72. The first kappa shape index (κ1) is 23.3. The van der Waals surface area contributed by atoms with E-state index in [9.17, 15) is 24.5 Å². The molecular formula is C21H23N3O7. The lowest BCUT2D eigenvalue weighted by Crippen LogP contribution is -2.22. The van der Waals surface area contributed by atoms with Crippen LogP contribution in [0.15, 0.2) is 36.4 Å². The molecule has 0 unspecified atom stereocenters. The highest BCUT2D eigenvalue weighted by Gasteiger charge is 2.18. The molecular weight excluding hydrogens is 406 g/mol. The molecule has 0 aliphatic heterocycles. The Morgan fingerprint density at radius 2 is 1.68 bits per heavy atom. The summed E-state index contributed by atoms with van der Waals surface area (Å²) >= 11 is 0. The Hall–Kier alpha value is -3.95. The number of carbonyl (C=O) groups is 3. The van der Waals surface area contributed by atoms with Gasteiger partial charge >= 0.3 is 5.97 Å². The monoisotopic (exact) mass is 429 g/mol. The van der Waals surface area contributed by atoms with Gasteiger partial charge in [0.2, 0.25) is 5.91 Å². The van der Waals surface area contributed by atoms with E-state index in [1.165, 1.54) is 25.3 Å². The van der Waals surface area contributed by atoms with E-state index in [0.29, 0.717) is 11.4 Å². The minimum Gasteiger partial charge on any atom is -0.497 e. The summed E-state index contributed by atoms with van der Waals surface area (Å²) in [5.41, 5.74) is 2.21. The van der Waals surface area contributed by atoms with Crippen molar-refractivity contribution < 1.29 is 28.8 Å². The number of ether oxygens (including phenoxy) is 2. The third-order valence-electron chi connectivity index (χ3n) is 4.25. The van der Waals surface area contributed by atoms with Gasteiger partial charge in [-0.05, 0) is 31.5 Å². The first-order chi connectivity index (χ1) is 14.7. The fraction of sp³-hybridized carbons (Fsp3) is 0.286. The third kappa shape index (κ3) is 7.11. The molecule has 2 rings (SSSR count). The second-order valence-electron chi connectivity index (χ2n) is 6.72. The van der Waals surface area contributed by atoms with E-state index >= 15 is 0 Å². The number of nitrogens with one attached hydrogen (secondary N) is 2. The number of methoxy groups -OCH3 is 1. The molecule has 0 aliphatic rings. The van der Waals surface area contributed by atoms with Crippen LogP contribution in [0.1, 0.15) is 24.0 Å². The number of hydrogen-bond donors (Lipinski definition) is 2. The van der Waals surface area contributed by atoms with E-state index in [2.05, 4.69) is 10.6 Å². The number of nitro groups is 1. The molecule has 0 aromatic heterocycles. The van der Waals surface area contributed by atoms with Crippen molar-refractivity contribution in [1.82, 2.24) is 0 Å². The lowest BCUT2D eigenvalue weighted by atomic mass is 10.1. The van der Waals surface area contributed by atoms with Gasteiger partial charge in [-0.2, -0.15) is 0 Å². The molecule has 0 radical (unpaired) electrons. The number of aryl methyl sites for hydroxylation is 2. The molecule has 31 heavy (non-hydrogen) atoms. The van der Waals surface area contributed by atoms with Crippen molar-refractivity contribution in [2.75, 3.05) is 24.4 Å². The van der Waals surface area contributed by atoms with Crippen LogP contribution in [0.3, 0.4) is 0 Å². The highest BCUT2D eigenvalue weighted by molar-refractivity contribution is 5.96. The van der Waals surface area contributed by atoms with Crippen LogP contribution >= 0.6 is 0 Å². The van der Waals surface area contributed by atoms with Crippen LogP contribution in [0.25, 0.3) is 0 Å². The molecule has 0 aliphatic carbocycles. The molecule has 10 nitrogen and oxygen atoms in total. The van der Waals surface area contributed by atoms with E-state index in [1.807, 2.05) is 26.0 Å². The fourth-order valence-electron chi connectivity index (χ4n) is 2.69. The fourth-order valence-corrected chi connectivity index (χ4v) is 2.69. The number of nitro benzene ring substituents is 1. The summed E-state index contributed by atoms with van der Waals surface area (Å²) in [7, 11) is 1.38. The van der Waals surface area contributed by atoms with Crippen molar-refractivity contribution in [3.8, 4) is 5.75 Å². The molecule has 2 aromatic carbocycles. The van der Waals surface area contributed by atoms with Crippen molar-refractivity contribution in [3.63, 3.8) is 0 Å². The van der Waals surface area contributed by atoms with Crippen LogP contribution in [0.4, 0.5) is 17.1 Å². The molecule has 0 saturated heterocycles. The third-order valence-corrected chi connectivity index (χ3v) is 4.25. The Kier molecular flexibility index (Phi) is 8.07. The number of anilines is 2. The van der Waals surface area contributed by atoms with E-state index < -0.39 is 23.4 Å². The molecule has 0 bridgehead atoms. The van der Waals surface area contributed by atoms with E-state index in [1.54, 1.807) is 6.07 Å². The summed E-state index contributed by atoms with van der Waals surface area (Å²) in [5.74, 6) is -1.55. The highest BCUT2D eigenvalue weighted by Crippen LogP contribution is 2.28. The van der Waals surface area contributed by atoms with Gasteiger partial charge in [-0.15, -0.1) is 0 Å². The van der Waals surface area contributed by atoms with Crippen molar-refractivity contribution >= 4 is 34.8 Å². The van der Waals surface area contributed by atoms with Gasteiger partial charge < -0.3 is 20.1 Å². The molecule has 2 N–H and O–H groups in total. The molecule has 0 saturated carbocycles. The van der Waals surface area contributed by atoms with Crippen LogP contribution in [0.2, 0.25) is 0 Å². The lowest BCUT2D eigenvalue weighted by molar-refractivity contribution is -0.383. The first-order valence-electron chi connectivity index (χ1n) is 9.34. The predicted molar refractivity (Wildman–Crippen MR) is 113 cm³/mol. The quantitative estimate of drug-likeness (QED) is 0.355. The summed E-state index contributed by atoms with van der Waals surface area (Å²) in [6.07, 6.45) is -0.335. The summed E-state index contributed by atoms with van der Waals surface area (Å²) in [6.45, 7) is 3.16. The summed E-state index contributed by atoms with van der Waals surface area (Å²) in [4.78, 5) is 46.3.